The number of nitrogens with zero attached hydrogens (tertiary/aromatic N) is 1. The topological polar surface area (TPSA) is 91.3 Å². The first-order chi connectivity index (χ1) is 9.10. The van der Waals surface area contributed by atoms with Crippen molar-refractivity contribution in [1.82, 2.24) is 10.3 Å². The van der Waals surface area contributed by atoms with Gasteiger partial charge in [0.25, 0.3) is 0 Å². The Morgan fingerprint density at radius 1 is 1.42 bits per heavy atom. The summed E-state index contributed by atoms with van der Waals surface area (Å²) in [6, 6.07) is -1.38. The smallest absolute Gasteiger partial charge is 0.326 e. The molecule has 0 radical (unpaired) electrons. The molecule has 19 heavy (non-hydrogen) atoms. The predicted octanol–water partition coefficient (Wildman–Crippen LogP) is 2.01. The second kappa shape index (κ2) is 6.01. The first-order valence-electron chi connectivity index (χ1n) is 6.39. The van der Waals surface area contributed by atoms with E-state index in [0.717, 1.165) is 31.4 Å². The van der Waals surface area contributed by atoms with E-state index in [1.165, 1.54) is 16.2 Å². The normalized spacial score (nSPS) is 15.4. The van der Waals surface area contributed by atoms with Crippen LogP contribution in [0.1, 0.15) is 36.8 Å². The minimum atomic E-state index is -1.03. The highest BCUT2D eigenvalue weighted by Crippen LogP contribution is 2.29. The number of carboxylic acids is 1. The van der Waals surface area contributed by atoms with E-state index in [-0.39, 0.29) is 0 Å². The number of carbonyl (C=O) groups is 2. The van der Waals surface area contributed by atoms with Crippen molar-refractivity contribution < 1.29 is 14.7 Å². The molecule has 1 aromatic rings. The van der Waals surface area contributed by atoms with Crippen molar-refractivity contribution in [1.29, 1.82) is 0 Å². The molecule has 6 nitrogen and oxygen atoms in total. The van der Waals surface area contributed by atoms with Crippen LogP contribution in [-0.4, -0.2) is 28.1 Å². The maximum atomic E-state index is 11.7. The van der Waals surface area contributed by atoms with E-state index >= 15 is 0 Å². The Balaban J connectivity index is 1.95. The zero-order valence-corrected chi connectivity index (χ0v) is 11.5. The van der Waals surface area contributed by atoms with Gasteiger partial charge in [-0.15, -0.1) is 11.3 Å². The number of aromatic nitrogens is 1. The number of urea groups is 1. The molecule has 1 atom stereocenters. The summed E-state index contributed by atoms with van der Waals surface area (Å²) in [6.45, 7) is 1.71. The Morgan fingerprint density at radius 2 is 2.16 bits per heavy atom. The minimum absolute atomic E-state index is 0.344. The van der Waals surface area contributed by atoms with Gasteiger partial charge in [0.2, 0.25) is 0 Å². The molecule has 1 heterocycles. The monoisotopic (exact) mass is 283 g/mol. The fourth-order valence-electron chi connectivity index (χ4n) is 2.04. The Morgan fingerprint density at radius 3 is 2.79 bits per heavy atom. The highest BCUT2D eigenvalue weighted by Gasteiger charge is 2.20. The molecule has 2 amide bonds. The maximum Gasteiger partial charge on any atom is 0.326 e. The second-order valence-corrected chi connectivity index (χ2v) is 5.58. The standard InChI is InChI=1S/C12H17N3O3S/c1-2-7(10(16)17)13-11(18)15-12-14-8-5-3-4-6-9(8)19-12/h7H,2-6H2,1H3,(H,16,17)(H2,13,14,15,18)/t7-/m1/s1. The maximum absolute atomic E-state index is 11.7. The zero-order valence-electron chi connectivity index (χ0n) is 10.7. The van der Waals surface area contributed by atoms with Crippen molar-refractivity contribution in [2.45, 2.75) is 45.1 Å². The minimum Gasteiger partial charge on any atom is -0.480 e. The van der Waals surface area contributed by atoms with Crippen molar-refractivity contribution in [3.8, 4) is 0 Å². The average Bonchev–Trinajstić information content (AvgIpc) is 2.77. The Labute approximate surface area is 115 Å². The number of carboxylic acid groups (broad SMARTS) is 1. The van der Waals surface area contributed by atoms with Gasteiger partial charge >= 0.3 is 12.0 Å². The summed E-state index contributed by atoms with van der Waals surface area (Å²) >= 11 is 1.48. The number of thiazole rings is 1. The second-order valence-electron chi connectivity index (χ2n) is 4.49. The van der Waals surface area contributed by atoms with Crippen LogP contribution in [0.5, 0.6) is 0 Å². The first-order valence-corrected chi connectivity index (χ1v) is 7.20. The number of hydrogen-bond acceptors (Lipinski definition) is 4. The molecule has 0 fully saturated rings. The highest BCUT2D eigenvalue weighted by molar-refractivity contribution is 7.15. The van der Waals surface area contributed by atoms with Crippen molar-refractivity contribution in [3.63, 3.8) is 0 Å². The molecule has 1 aliphatic rings. The Kier molecular flexibility index (Phi) is 4.36. The molecular weight excluding hydrogens is 266 g/mol. The number of hydrogen-bond donors (Lipinski definition) is 3. The molecule has 0 aliphatic heterocycles. The molecule has 2 rings (SSSR count). The van der Waals surface area contributed by atoms with E-state index in [4.69, 9.17) is 5.11 Å². The van der Waals surface area contributed by atoms with Gasteiger partial charge in [0.15, 0.2) is 5.13 Å². The Bertz CT molecular complexity index is 463. The summed E-state index contributed by atoms with van der Waals surface area (Å²) in [5.74, 6) is -1.03. The third-order valence-electron chi connectivity index (χ3n) is 3.08. The molecule has 3 N–H and O–H groups in total. The SMILES string of the molecule is CC[C@@H](NC(=O)Nc1nc2c(s1)CCCC2)C(=O)O. The molecule has 0 saturated carbocycles. The van der Waals surface area contributed by atoms with Crippen molar-refractivity contribution in [3.05, 3.63) is 10.6 Å². The molecule has 7 heteroatoms. The van der Waals surface area contributed by atoms with Crippen molar-refractivity contribution >= 4 is 28.5 Å². The van der Waals surface area contributed by atoms with Gasteiger partial charge in [0, 0.05) is 4.88 Å². The van der Waals surface area contributed by atoms with Crippen molar-refractivity contribution in [2.24, 2.45) is 0 Å². The average molecular weight is 283 g/mol. The van der Waals surface area contributed by atoms with Crippen LogP contribution >= 0.6 is 11.3 Å². The van der Waals surface area contributed by atoms with E-state index in [9.17, 15) is 9.59 Å². The molecular formula is C12H17N3O3S. The fourth-order valence-corrected chi connectivity index (χ4v) is 3.08. The summed E-state index contributed by atoms with van der Waals surface area (Å²) in [6.07, 6.45) is 4.62. The summed E-state index contributed by atoms with van der Waals surface area (Å²) in [4.78, 5) is 28.1. The largest absolute Gasteiger partial charge is 0.480 e. The lowest BCUT2D eigenvalue weighted by molar-refractivity contribution is -0.139. The number of anilines is 1. The lowest BCUT2D eigenvalue weighted by atomic mass is 10.0. The number of aryl methyl sites for hydroxylation is 2. The van der Waals surface area contributed by atoms with Gasteiger partial charge < -0.3 is 10.4 Å². The number of rotatable bonds is 4. The van der Waals surface area contributed by atoms with Crippen LogP contribution in [0.15, 0.2) is 0 Å². The van der Waals surface area contributed by atoms with Gasteiger partial charge in [-0.2, -0.15) is 0 Å². The summed E-state index contributed by atoms with van der Waals surface area (Å²) in [5.41, 5.74) is 1.07. The number of carbonyl (C=O) groups excluding carboxylic acids is 1. The van der Waals surface area contributed by atoms with Gasteiger partial charge in [-0.25, -0.2) is 14.6 Å². The molecule has 0 bridgehead atoms. The number of amides is 2. The molecule has 1 aromatic heterocycles. The Hall–Kier alpha value is -1.63. The van der Waals surface area contributed by atoms with Gasteiger partial charge in [0.1, 0.15) is 6.04 Å². The van der Waals surface area contributed by atoms with Gasteiger partial charge in [-0.1, -0.05) is 6.92 Å². The van der Waals surface area contributed by atoms with Crippen LogP contribution < -0.4 is 10.6 Å². The van der Waals surface area contributed by atoms with E-state index in [1.807, 2.05) is 0 Å². The zero-order chi connectivity index (χ0) is 13.8. The number of aliphatic carboxylic acids is 1. The third kappa shape index (κ3) is 3.44. The molecule has 1 aliphatic carbocycles. The molecule has 0 spiro atoms. The van der Waals surface area contributed by atoms with Gasteiger partial charge in [-0.3, -0.25) is 5.32 Å². The summed E-state index contributed by atoms with van der Waals surface area (Å²) in [7, 11) is 0. The molecule has 104 valence electrons. The number of nitrogens with one attached hydrogen (secondary N) is 2. The van der Waals surface area contributed by atoms with E-state index < -0.39 is 18.0 Å². The van der Waals surface area contributed by atoms with Crippen LogP contribution in [0.2, 0.25) is 0 Å². The van der Waals surface area contributed by atoms with Crippen LogP contribution in [0.25, 0.3) is 0 Å². The van der Waals surface area contributed by atoms with Crippen molar-refractivity contribution in [2.75, 3.05) is 5.32 Å². The number of fused-ring (bicyclic) bond motifs is 1. The highest BCUT2D eigenvalue weighted by atomic mass is 32.1. The first kappa shape index (κ1) is 13.8. The summed E-state index contributed by atoms with van der Waals surface area (Å²) < 4.78 is 0. The van der Waals surface area contributed by atoms with Crippen LogP contribution in [-0.2, 0) is 17.6 Å². The lowest BCUT2D eigenvalue weighted by Crippen LogP contribution is -2.42. The fraction of sp³-hybridized carbons (Fsp3) is 0.583. The van der Waals surface area contributed by atoms with Crippen LogP contribution in [0.3, 0.4) is 0 Å². The summed E-state index contributed by atoms with van der Waals surface area (Å²) in [5, 5.41) is 14.4. The van der Waals surface area contributed by atoms with Crippen LogP contribution in [0.4, 0.5) is 9.93 Å². The predicted molar refractivity (Wildman–Crippen MR) is 72.6 cm³/mol. The molecule has 0 aromatic carbocycles. The van der Waals surface area contributed by atoms with E-state index in [0.29, 0.717) is 11.6 Å². The third-order valence-corrected chi connectivity index (χ3v) is 4.15. The molecule has 0 unspecified atom stereocenters. The van der Waals surface area contributed by atoms with Gasteiger partial charge in [-0.05, 0) is 32.1 Å². The van der Waals surface area contributed by atoms with Gasteiger partial charge in [0.05, 0.1) is 5.69 Å². The van der Waals surface area contributed by atoms with E-state index in [1.54, 1.807) is 6.92 Å². The van der Waals surface area contributed by atoms with E-state index in [2.05, 4.69) is 15.6 Å². The molecule has 0 saturated heterocycles. The van der Waals surface area contributed by atoms with Crippen LogP contribution in [0, 0.1) is 0 Å². The lowest BCUT2D eigenvalue weighted by Gasteiger charge is -2.11. The quantitative estimate of drug-likeness (QED) is 0.788.